The van der Waals surface area contributed by atoms with E-state index < -0.39 is 0 Å². The Bertz CT molecular complexity index is 296. The fourth-order valence-electron chi connectivity index (χ4n) is 1.63. The quantitative estimate of drug-likeness (QED) is 0.662. The van der Waals surface area contributed by atoms with Crippen molar-refractivity contribution in [3.8, 4) is 0 Å². The minimum atomic E-state index is 0.673. The van der Waals surface area contributed by atoms with Gasteiger partial charge in [0.1, 0.15) is 0 Å². The summed E-state index contributed by atoms with van der Waals surface area (Å²) in [6.45, 7) is 11.3. The van der Waals surface area contributed by atoms with Crippen molar-refractivity contribution in [2.75, 3.05) is 26.2 Å². The van der Waals surface area contributed by atoms with E-state index in [9.17, 15) is 0 Å². The number of hydrogen-bond acceptors (Lipinski definition) is 5. The van der Waals surface area contributed by atoms with Gasteiger partial charge in [0.15, 0.2) is 5.82 Å². The van der Waals surface area contributed by atoms with Crippen LogP contribution in [-0.2, 0) is 13.0 Å². The van der Waals surface area contributed by atoms with E-state index in [0.717, 1.165) is 44.8 Å². The number of nitrogens with zero attached hydrogens (tertiary/aromatic N) is 3. The second kappa shape index (κ2) is 8.20. The molecular formula is C12H24N4O. The van der Waals surface area contributed by atoms with Crippen molar-refractivity contribution >= 4 is 0 Å². The summed E-state index contributed by atoms with van der Waals surface area (Å²) in [5.74, 6) is 1.50. The Morgan fingerprint density at radius 3 is 2.65 bits per heavy atom. The van der Waals surface area contributed by atoms with E-state index in [1.165, 1.54) is 0 Å². The van der Waals surface area contributed by atoms with Crippen molar-refractivity contribution in [3.63, 3.8) is 0 Å². The van der Waals surface area contributed by atoms with Crippen molar-refractivity contribution < 1.29 is 4.52 Å². The first-order valence-corrected chi connectivity index (χ1v) is 6.54. The molecule has 0 fully saturated rings. The van der Waals surface area contributed by atoms with Gasteiger partial charge in [0.2, 0.25) is 5.89 Å². The molecule has 0 saturated heterocycles. The highest BCUT2D eigenvalue weighted by Crippen LogP contribution is 1.99. The molecule has 0 unspecified atom stereocenters. The van der Waals surface area contributed by atoms with E-state index >= 15 is 0 Å². The van der Waals surface area contributed by atoms with Gasteiger partial charge in [0, 0.05) is 13.0 Å². The third-order valence-corrected chi connectivity index (χ3v) is 2.76. The molecule has 1 rings (SSSR count). The molecule has 5 heteroatoms. The number of likely N-dealkylation sites (N-methyl/N-ethyl adjacent to an activating group) is 1. The number of rotatable bonds is 9. The van der Waals surface area contributed by atoms with Crippen molar-refractivity contribution in [2.24, 2.45) is 0 Å². The highest BCUT2D eigenvalue weighted by atomic mass is 16.5. The maximum Gasteiger partial charge on any atom is 0.240 e. The van der Waals surface area contributed by atoms with E-state index in [4.69, 9.17) is 4.52 Å². The zero-order valence-electron chi connectivity index (χ0n) is 11.2. The van der Waals surface area contributed by atoms with E-state index in [1.807, 2.05) is 0 Å². The lowest BCUT2D eigenvalue weighted by Crippen LogP contribution is -2.25. The van der Waals surface area contributed by atoms with Gasteiger partial charge >= 0.3 is 0 Å². The van der Waals surface area contributed by atoms with Crippen LogP contribution in [0.15, 0.2) is 4.52 Å². The Morgan fingerprint density at radius 2 is 2.00 bits per heavy atom. The van der Waals surface area contributed by atoms with Crippen molar-refractivity contribution in [2.45, 2.75) is 40.2 Å². The molecule has 0 saturated carbocycles. The van der Waals surface area contributed by atoms with Crippen LogP contribution in [0.5, 0.6) is 0 Å². The molecule has 0 radical (unpaired) electrons. The van der Waals surface area contributed by atoms with Gasteiger partial charge in [-0.1, -0.05) is 25.9 Å². The van der Waals surface area contributed by atoms with E-state index in [1.54, 1.807) is 0 Å². The third kappa shape index (κ3) is 5.28. The largest absolute Gasteiger partial charge is 0.338 e. The Kier molecular flexibility index (Phi) is 6.81. The van der Waals surface area contributed by atoms with Crippen LogP contribution in [0.4, 0.5) is 0 Å². The first-order chi connectivity index (χ1) is 8.30. The highest BCUT2D eigenvalue weighted by Gasteiger charge is 2.07. The molecule has 0 aliphatic carbocycles. The Balaban J connectivity index is 2.30. The fourth-order valence-corrected chi connectivity index (χ4v) is 1.63. The first-order valence-electron chi connectivity index (χ1n) is 6.54. The van der Waals surface area contributed by atoms with Gasteiger partial charge in [-0.25, -0.2) is 0 Å². The standard InChI is InChI=1S/C12H24N4O/c1-4-8-13-10-12-14-11(15-17-12)7-9-16(5-2)6-3/h13H,4-10H2,1-3H3. The second-order valence-electron chi connectivity index (χ2n) is 4.06. The smallest absolute Gasteiger partial charge is 0.240 e. The minimum Gasteiger partial charge on any atom is -0.338 e. The first kappa shape index (κ1) is 14.1. The van der Waals surface area contributed by atoms with Crippen LogP contribution in [0.3, 0.4) is 0 Å². The van der Waals surface area contributed by atoms with Gasteiger partial charge in [-0.3, -0.25) is 0 Å². The van der Waals surface area contributed by atoms with Crippen LogP contribution in [0.25, 0.3) is 0 Å². The lowest BCUT2D eigenvalue weighted by Gasteiger charge is -2.16. The summed E-state index contributed by atoms with van der Waals surface area (Å²) in [7, 11) is 0. The summed E-state index contributed by atoms with van der Waals surface area (Å²) in [6, 6.07) is 0. The molecule has 98 valence electrons. The normalized spacial score (nSPS) is 11.3. The van der Waals surface area contributed by atoms with E-state index in [-0.39, 0.29) is 0 Å². The van der Waals surface area contributed by atoms with Gasteiger partial charge in [-0.15, -0.1) is 0 Å². The van der Waals surface area contributed by atoms with Crippen molar-refractivity contribution in [3.05, 3.63) is 11.7 Å². The fraction of sp³-hybridized carbons (Fsp3) is 0.833. The number of aromatic nitrogens is 2. The molecule has 1 N–H and O–H groups in total. The summed E-state index contributed by atoms with van der Waals surface area (Å²) in [4.78, 5) is 6.71. The predicted octanol–water partition coefficient (Wildman–Crippen LogP) is 1.45. The third-order valence-electron chi connectivity index (χ3n) is 2.76. The summed E-state index contributed by atoms with van der Waals surface area (Å²) < 4.78 is 5.17. The molecule has 0 atom stereocenters. The molecule has 0 aliphatic rings. The molecule has 0 amide bonds. The molecule has 0 aromatic carbocycles. The summed E-state index contributed by atoms with van der Waals surface area (Å²) >= 11 is 0. The molecule has 0 spiro atoms. The molecule has 17 heavy (non-hydrogen) atoms. The lowest BCUT2D eigenvalue weighted by atomic mass is 10.3. The van der Waals surface area contributed by atoms with Gasteiger partial charge in [0.05, 0.1) is 6.54 Å². The molecule has 0 bridgehead atoms. The molecule has 1 aromatic rings. The SMILES string of the molecule is CCCNCc1nc(CCN(CC)CC)no1. The van der Waals surface area contributed by atoms with Crippen LogP contribution in [0, 0.1) is 0 Å². The summed E-state index contributed by atoms with van der Waals surface area (Å²) in [5.41, 5.74) is 0. The van der Waals surface area contributed by atoms with Crippen LogP contribution in [0.1, 0.15) is 38.9 Å². The van der Waals surface area contributed by atoms with Crippen molar-refractivity contribution in [1.29, 1.82) is 0 Å². The molecule has 0 aliphatic heterocycles. The van der Waals surface area contributed by atoms with Gasteiger partial charge < -0.3 is 14.7 Å². The van der Waals surface area contributed by atoms with Gasteiger partial charge in [0.25, 0.3) is 0 Å². The Morgan fingerprint density at radius 1 is 1.24 bits per heavy atom. The van der Waals surface area contributed by atoms with Gasteiger partial charge in [-0.2, -0.15) is 4.98 Å². The lowest BCUT2D eigenvalue weighted by molar-refractivity contribution is 0.302. The summed E-state index contributed by atoms with van der Waals surface area (Å²) in [5, 5.41) is 7.23. The molecular weight excluding hydrogens is 216 g/mol. The zero-order valence-corrected chi connectivity index (χ0v) is 11.2. The summed E-state index contributed by atoms with van der Waals surface area (Å²) in [6.07, 6.45) is 1.97. The van der Waals surface area contributed by atoms with Gasteiger partial charge in [-0.05, 0) is 26.1 Å². The van der Waals surface area contributed by atoms with Crippen molar-refractivity contribution in [1.82, 2.24) is 20.4 Å². The molecule has 1 aromatic heterocycles. The second-order valence-corrected chi connectivity index (χ2v) is 4.06. The number of hydrogen-bond donors (Lipinski definition) is 1. The average Bonchev–Trinajstić information content (AvgIpc) is 2.79. The van der Waals surface area contributed by atoms with Crippen LogP contribution in [0.2, 0.25) is 0 Å². The maximum absolute atomic E-state index is 5.17. The Labute approximate surface area is 104 Å². The van der Waals surface area contributed by atoms with E-state index in [0.29, 0.717) is 12.4 Å². The van der Waals surface area contributed by atoms with Crippen LogP contribution >= 0.6 is 0 Å². The topological polar surface area (TPSA) is 54.2 Å². The highest BCUT2D eigenvalue weighted by molar-refractivity contribution is 4.87. The Hall–Kier alpha value is -0.940. The maximum atomic E-state index is 5.17. The minimum absolute atomic E-state index is 0.673. The molecule has 1 heterocycles. The molecule has 5 nitrogen and oxygen atoms in total. The monoisotopic (exact) mass is 240 g/mol. The average molecular weight is 240 g/mol. The van der Waals surface area contributed by atoms with Crippen LogP contribution in [-0.4, -0.2) is 41.2 Å². The zero-order chi connectivity index (χ0) is 12.5. The predicted molar refractivity (Wildman–Crippen MR) is 67.8 cm³/mol. The van der Waals surface area contributed by atoms with Crippen LogP contribution < -0.4 is 5.32 Å². The number of nitrogens with one attached hydrogen (secondary N) is 1. The van der Waals surface area contributed by atoms with E-state index in [2.05, 4.69) is 41.1 Å².